The van der Waals surface area contributed by atoms with Crippen molar-refractivity contribution >= 4 is 30.5 Å². The Kier molecular flexibility index (Phi) is 6.84. The van der Waals surface area contributed by atoms with Crippen molar-refractivity contribution in [3.8, 4) is 0 Å². The van der Waals surface area contributed by atoms with Crippen LogP contribution in [0.3, 0.4) is 0 Å². The third-order valence-corrected chi connectivity index (χ3v) is 7.10. The molecule has 12 heteroatoms. The highest BCUT2D eigenvalue weighted by Gasteiger charge is 2.44. The fraction of sp³-hybridized carbons (Fsp3) is 0.647. The number of nitrogen functional groups attached to an aromatic ring is 1. The zero-order chi connectivity index (χ0) is 21.0. The van der Waals surface area contributed by atoms with E-state index in [4.69, 9.17) is 19.7 Å². The van der Waals surface area contributed by atoms with Gasteiger partial charge in [-0.1, -0.05) is 13.8 Å². The second-order valence-electron chi connectivity index (χ2n) is 7.11. The molecule has 1 aliphatic heterocycles. The van der Waals surface area contributed by atoms with Gasteiger partial charge in [0.2, 0.25) is 0 Å². The molecule has 2 aromatic heterocycles. The second-order valence-corrected chi connectivity index (χ2v) is 9.41. The molecule has 0 aliphatic carbocycles. The number of carbonyl (C=O) groups excluding carboxylic acids is 1. The van der Waals surface area contributed by atoms with E-state index in [1.807, 2.05) is 13.8 Å². The number of hydrogen-bond donors (Lipinski definition) is 1. The van der Waals surface area contributed by atoms with Gasteiger partial charge in [0.1, 0.15) is 24.2 Å². The molecule has 1 saturated heterocycles. The van der Waals surface area contributed by atoms with Crippen LogP contribution in [-0.4, -0.2) is 69.4 Å². The van der Waals surface area contributed by atoms with Crippen LogP contribution in [0.2, 0.25) is 0 Å². The van der Waals surface area contributed by atoms with Crippen molar-refractivity contribution in [3.63, 3.8) is 0 Å². The van der Waals surface area contributed by atoms with Gasteiger partial charge in [-0.05, 0) is 12.3 Å². The maximum Gasteiger partial charge on any atom is 0.323 e. The van der Waals surface area contributed by atoms with Crippen molar-refractivity contribution in [2.24, 2.45) is 5.92 Å². The average Bonchev–Trinajstić information content (AvgIpc) is 3.11. The predicted octanol–water partition coefficient (Wildman–Crippen LogP) is 1.50. The number of imidazole rings is 1. The summed E-state index contributed by atoms with van der Waals surface area (Å²) in [5.41, 5.74) is 6.92. The van der Waals surface area contributed by atoms with E-state index in [0.29, 0.717) is 43.1 Å². The van der Waals surface area contributed by atoms with Gasteiger partial charge in [0.15, 0.2) is 11.5 Å². The topological polar surface area (TPSA) is 135 Å². The van der Waals surface area contributed by atoms with Gasteiger partial charge in [0.05, 0.1) is 26.7 Å². The lowest BCUT2D eigenvalue weighted by Crippen LogP contribution is -2.46. The van der Waals surface area contributed by atoms with E-state index in [-0.39, 0.29) is 18.9 Å². The van der Waals surface area contributed by atoms with Crippen LogP contribution < -0.4 is 5.73 Å². The first-order chi connectivity index (χ1) is 13.9. The lowest BCUT2D eigenvalue weighted by atomic mass is 10.0. The number of nitrogens with two attached hydrogens (primary N) is 1. The highest BCUT2D eigenvalue weighted by Crippen LogP contribution is 2.55. The lowest BCUT2D eigenvalue weighted by Gasteiger charge is -2.40. The third-order valence-electron chi connectivity index (χ3n) is 4.77. The Balaban J connectivity index is 1.65. The van der Waals surface area contributed by atoms with Crippen LogP contribution in [0.15, 0.2) is 12.7 Å². The Morgan fingerprint density at radius 1 is 1.38 bits per heavy atom. The number of ether oxygens (including phenoxy) is 2. The third kappa shape index (κ3) is 4.58. The lowest BCUT2D eigenvalue weighted by molar-refractivity contribution is -0.147. The molecular formula is C17H27N6O5P. The van der Waals surface area contributed by atoms with Gasteiger partial charge < -0.3 is 24.3 Å². The van der Waals surface area contributed by atoms with E-state index in [0.717, 1.165) is 0 Å². The van der Waals surface area contributed by atoms with E-state index < -0.39 is 19.5 Å². The van der Waals surface area contributed by atoms with Gasteiger partial charge in [-0.25, -0.2) is 19.6 Å². The summed E-state index contributed by atoms with van der Waals surface area (Å²) in [6, 6.07) is -0.646. The summed E-state index contributed by atoms with van der Waals surface area (Å²) in [6.45, 7) is 5.34. The molecule has 2 aromatic rings. The number of aromatic nitrogens is 4. The molecule has 0 bridgehead atoms. The zero-order valence-electron chi connectivity index (χ0n) is 16.9. The molecule has 0 saturated carbocycles. The standard InChI is InChI=1S/C17H27N6O5P/c1-12(2)14(17(24)26-3)23-5-4-7-28-29(23,25)11-27-8-6-22-10-21-13-15(18)19-9-20-16(13)22/h9-10,12,14H,4-8,11H2,1-3H3,(H2,18,19,20)/t14-,29+/m0/s1. The number of esters is 1. The highest BCUT2D eigenvalue weighted by molar-refractivity contribution is 7.56. The molecule has 3 heterocycles. The van der Waals surface area contributed by atoms with Crippen LogP contribution in [0, 0.1) is 5.92 Å². The minimum atomic E-state index is -3.32. The van der Waals surface area contributed by atoms with Crippen LogP contribution in [0.5, 0.6) is 0 Å². The minimum absolute atomic E-state index is 0.0834. The largest absolute Gasteiger partial charge is 0.468 e. The Labute approximate surface area is 169 Å². The fourth-order valence-corrected chi connectivity index (χ4v) is 5.70. The SMILES string of the molecule is COC(=O)[C@H](C(C)C)N1CCCO[P@]1(=O)COCCn1cnc2c(N)ncnc21. The summed E-state index contributed by atoms with van der Waals surface area (Å²) in [7, 11) is -1.99. The summed E-state index contributed by atoms with van der Waals surface area (Å²) in [6.07, 6.45) is 3.56. The van der Waals surface area contributed by atoms with Crippen molar-refractivity contribution in [1.29, 1.82) is 0 Å². The van der Waals surface area contributed by atoms with Gasteiger partial charge in [-0.15, -0.1) is 0 Å². The molecule has 2 atom stereocenters. The van der Waals surface area contributed by atoms with Crippen molar-refractivity contribution in [1.82, 2.24) is 24.2 Å². The number of fused-ring (bicyclic) bond motifs is 1. The smallest absolute Gasteiger partial charge is 0.323 e. The summed E-state index contributed by atoms with van der Waals surface area (Å²) >= 11 is 0. The quantitative estimate of drug-likeness (QED) is 0.376. The summed E-state index contributed by atoms with van der Waals surface area (Å²) < 4.78 is 33.1. The van der Waals surface area contributed by atoms with E-state index in [1.165, 1.54) is 13.4 Å². The molecule has 0 radical (unpaired) electrons. The van der Waals surface area contributed by atoms with E-state index in [9.17, 15) is 9.36 Å². The van der Waals surface area contributed by atoms with Crippen LogP contribution in [-0.2, 0) is 29.9 Å². The first kappa shape index (κ1) is 21.6. The molecule has 1 fully saturated rings. The van der Waals surface area contributed by atoms with Crippen LogP contribution in [0.25, 0.3) is 11.2 Å². The molecule has 160 valence electrons. The molecule has 11 nitrogen and oxygen atoms in total. The van der Waals surface area contributed by atoms with Crippen molar-refractivity contribution in [3.05, 3.63) is 12.7 Å². The van der Waals surface area contributed by atoms with E-state index >= 15 is 0 Å². The molecule has 0 aromatic carbocycles. The first-order valence-corrected chi connectivity index (χ1v) is 11.2. The van der Waals surface area contributed by atoms with E-state index in [2.05, 4.69) is 15.0 Å². The van der Waals surface area contributed by atoms with Crippen molar-refractivity contribution < 1.29 is 23.4 Å². The Bertz CT molecular complexity index is 904. The summed E-state index contributed by atoms with van der Waals surface area (Å²) in [4.78, 5) is 24.6. The van der Waals surface area contributed by atoms with Crippen LogP contribution >= 0.6 is 7.52 Å². The van der Waals surface area contributed by atoms with Gasteiger partial charge in [0.25, 0.3) is 7.52 Å². The number of hydrogen-bond acceptors (Lipinski definition) is 9. The normalized spacial score (nSPS) is 21.5. The van der Waals surface area contributed by atoms with Gasteiger partial charge in [0, 0.05) is 13.1 Å². The molecule has 3 rings (SSSR count). The zero-order valence-corrected chi connectivity index (χ0v) is 17.7. The molecule has 2 N–H and O–H groups in total. The maximum atomic E-state index is 13.5. The number of anilines is 1. The maximum absolute atomic E-state index is 13.5. The summed E-state index contributed by atoms with van der Waals surface area (Å²) in [5.74, 6) is -0.194. The van der Waals surface area contributed by atoms with Crippen molar-refractivity contribution in [2.45, 2.75) is 32.9 Å². The van der Waals surface area contributed by atoms with Crippen LogP contribution in [0.1, 0.15) is 20.3 Å². The van der Waals surface area contributed by atoms with Gasteiger partial charge >= 0.3 is 5.97 Å². The Hall–Kier alpha value is -2.07. The van der Waals surface area contributed by atoms with E-state index in [1.54, 1.807) is 15.6 Å². The number of nitrogens with zero attached hydrogens (tertiary/aromatic N) is 5. The highest BCUT2D eigenvalue weighted by atomic mass is 31.2. The molecule has 0 amide bonds. The monoisotopic (exact) mass is 426 g/mol. The predicted molar refractivity (Wildman–Crippen MR) is 106 cm³/mol. The Morgan fingerprint density at radius 2 is 2.17 bits per heavy atom. The molecule has 29 heavy (non-hydrogen) atoms. The van der Waals surface area contributed by atoms with Gasteiger partial charge in [-0.2, -0.15) is 0 Å². The van der Waals surface area contributed by atoms with Crippen LogP contribution in [0.4, 0.5) is 5.82 Å². The second kappa shape index (κ2) is 9.17. The fourth-order valence-electron chi connectivity index (χ4n) is 3.36. The number of rotatable bonds is 8. The number of methoxy groups -OCH3 is 1. The molecule has 0 unspecified atom stereocenters. The number of carbonyl (C=O) groups is 1. The van der Waals surface area contributed by atoms with Crippen molar-refractivity contribution in [2.75, 3.05) is 38.9 Å². The molecule has 0 spiro atoms. The summed E-state index contributed by atoms with van der Waals surface area (Å²) in [5, 5.41) is 0. The molecule has 1 aliphatic rings. The average molecular weight is 426 g/mol. The van der Waals surface area contributed by atoms with Gasteiger partial charge in [-0.3, -0.25) is 9.36 Å². The Morgan fingerprint density at radius 3 is 2.90 bits per heavy atom. The molecular weight excluding hydrogens is 399 g/mol. The minimum Gasteiger partial charge on any atom is -0.468 e. The first-order valence-electron chi connectivity index (χ1n) is 9.45.